The van der Waals surface area contributed by atoms with Gasteiger partial charge in [0.15, 0.2) is 5.17 Å². The van der Waals surface area contributed by atoms with Crippen LogP contribution in [0.2, 0.25) is 0 Å². The minimum Gasteiger partial charge on any atom is -0.466 e. The average Bonchev–Trinajstić information content (AvgIpc) is 3.48. The van der Waals surface area contributed by atoms with Gasteiger partial charge in [0.05, 0.1) is 30.8 Å². The number of methoxy groups -OCH3 is 1. The number of ether oxygens (including phenoxy) is 1. The van der Waals surface area contributed by atoms with Gasteiger partial charge in [-0.15, -0.1) is 11.3 Å². The van der Waals surface area contributed by atoms with E-state index >= 15 is 0 Å². The summed E-state index contributed by atoms with van der Waals surface area (Å²) < 4.78 is 5.19. The van der Waals surface area contributed by atoms with Crippen molar-refractivity contribution in [3.05, 3.63) is 79.7 Å². The number of nitrogens with one attached hydrogen (secondary N) is 1. The van der Waals surface area contributed by atoms with E-state index in [0.29, 0.717) is 18.5 Å². The summed E-state index contributed by atoms with van der Waals surface area (Å²) in [6.07, 6.45) is 1.64. The fourth-order valence-electron chi connectivity index (χ4n) is 4.35. The van der Waals surface area contributed by atoms with E-state index in [2.05, 4.69) is 43.4 Å². The van der Waals surface area contributed by atoms with Gasteiger partial charge in [0.25, 0.3) is 0 Å². The number of allylic oxidation sites excluding steroid dienone is 1. The lowest BCUT2D eigenvalue weighted by Crippen LogP contribution is -2.38. The first-order valence-corrected chi connectivity index (χ1v) is 13.1. The fourth-order valence-corrected chi connectivity index (χ4v) is 5.99. The summed E-state index contributed by atoms with van der Waals surface area (Å²) in [4.78, 5) is 33.9. The molecule has 0 fully saturated rings. The minimum atomic E-state index is -0.393. The van der Waals surface area contributed by atoms with Crippen molar-refractivity contribution in [2.24, 2.45) is 4.99 Å². The van der Waals surface area contributed by atoms with Crippen molar-refractivity contribution < 1.29 is 14.3 Å². The number of rotatable bonds is 8. The predicted molar refractivity (Wildman–Crippen MR) is 139 cm³/mol. The van der Waals surface area contributed by atoms with Crippen LogP contribution >= 0.6 is 23.1 Å². The Labute approximate surface area is 208 Å². The van der Waals surface area contributed by atoms with Gasteiger partial charge in [-0.2, -0.15) is 0 Å². The van der Waals surface area contributed by atoms with Gasteiger partial charge in [0, 0.05) is 17.1 Å². The number of nitrogens with zero attached hydrogens (tertiary/aromatic N) is 2. The molecule has 0 saturated carbocycles. The van der Waals surface area contributed by atoms with Crippen LogP contribution < -0.4 is 5.32 Å². The molecular weight excluding hydrogens is 466 g/mol. The minimum absolute atomic E-state index is 0.0473. The van der Waals surface area contributed by atoms with E-state index in [4.69, 9.17) is 9.73 Å². The first-order chi connectivity index (χ1) is 16.4. The molecule has 1 atom stereocenters. The molecular formula is C26H29N3O3S2. The molecule has 1 N–H and O–H groups in total. The van der Waals surface area contributed by atoms with Crippen molar-refractivity contribution in [2.75, 3.05) is 13.7 Å². The molecule has 0 spiro atoms. The van der Waals surface area contributed by atoms with Gasteiger partial charge in [-0.25, -0.2) is 9.79 Å². The Kier molecular flexibility index (Phi) is 7.58. The molecule has 1 aromatic carbocycles. The second-order valence-electron chi connectivity index (χ2n) is 8.32. The van der Waals surface area contributed by atoms with Gasteiger partial charge in [-0.1, -0.05) is 48.5 Å². The van der Waals surface area contributed by atoms with E-state index in [0.717, 1.165) is 39.7 Å². The Morgan fingerprint density at radius 2 is 2.06 bits per heavy atom. The molecule has 2 aliphatic rings. The maximum Gasteiger partial charge on any atom is 0.338 e. The van der Waals surface area contributed by atoms with Gasteiger partial charge in [-0.05, 0) is 54.7 Å². The summed E-state index contributed by atoms with van der Waals surface area (Å²) in [5.41, 5.74) is 5.34. The van der Waals surface area contributed by atoms with E-state index < -0.39 is 6.04 Å². The number of amidine groups is 1. The van der Waals surface area contributed by atoms with Crippen LogP contribution in [0.15, 0.2) is 63.1 Å². The van der Waals surface area contributed by atoms with Gasteiger partial charge in [-0.3, -0.25) is 4.79 Å². The smallest absolute Gasteiger partial charge is 0.338 e. The van der Waals surface area contributed by atoms with E-state index in [1.165, 1.54) is 23.7 Å². The fraction of sp³-hybridized carbons (Fsp3) is 0.346. The number of thioether (sulfide) groups is 1. The SMILES string of the molecule is CCC1=C(C(=O)OC)[C@H](c2ccc(C)cc2C)N2C(CC(=O)NCCc3cccs3)=CSC2=N1. The quantitative estimate of drug-likeness (QED) is 0.507. The second kappa shape index (κ2) is 10.6. The number of hydrogen-bond donors (Lipinski definition) is 1. The zero-order chi connectivity index (χ0) is 24.2. The van der Waals surface area contributed by atoms with Gasteiger partial charge < -0.3 is 15.0 Å². The van der Waals surface area contributed by atoms with Crippen molar-refractivity contribution in [3.8, 4) is 0 Å². The molecule has 2 aliphatic heterocycles. The second-order valence-corrected chi connectivity index (χ2v) is 10.2. The Morgan fingerprint density at radius 3 is 2.74 bits per heavy atom. The van der Waals surface area contributed by atoms with Crippen LogP contribution in [-0.4, -0.2) is 35.6 Å². The number of benzene rings is 1. The number of fused-ring (bicyclic) bond motifs is 1. The molecule has 3 heterocycles. The molecule has 0 aliphatic carbocycles. The highest BCUT2D eigenvalue weighted by Gasteiger charge is 2.41. The van der Waals surface area contributed by atoms with Crippen LogP contribution in [0.5, 0.6) is 0 Å². The van der Waals surface area contributed by atoms with Crippen molar-refractivity contribution in [3.63, 3.8) is 0 Å². The van der Waals surface area contributed by atoms with Crippen molar-refractivity contribution in [1.82, 2.24) is 10.2 Å². The summed E-state index contributed by atoms with van der Waals surface area (Å²) in [5, 5.41) is 7.83. The van der Waals surface area contributed by atoms with Crippen LogP contribution in [-0.2, 0) is 20.7 Å². The third-order valence-electron chi connectivity index (χ3n) is 5.96. The van der Waals surface area contributed by atoms with Gasteiger partial charge >= 0.3 is 5.97 Å². The highest BCUT2D eigenvalue weighted by Crippen LogP contribution is 2.46. The third kappa shape index (κ3) is 4.98. The summed E-state index contributed by atoms with van der Waals surface area (Å²) in [6, 6.07) is 9.93. The number of aryl methyl sites for hydroxylation is 2. The zero-order valence-electron chi connectivity index (χ0n) is 19.9. The number of thiophene rings is 1. The largest absolute Gasteiger partial charge is 0.466 e. The molecule has 1 amide bonds. The highest BCUT2D eigenvalue weighted by molar-refractivity contribution is 8.16. The first kappa shape index (κ1) is 24.3. The monoisotopic (exact) mass is 495 g/mol. The van der Waals surface area contributed by atoms with E-state index in [1.54, 1.807) is 11.3 Å². The number of esters is 1. The molecule has 0 saturated heterocycles. The van der Waals surface area contributed by atoms with Crippen LogP contribution in [0.4, 0.5) is 0 Å². The average molecular weight is 496 g/mol. The lowest BCUT2D eigenvalue weighted by atomic mass is 9.89. The summed E-state index contributed by atoms with van der Waals surface area (Å²) in [6.45, 7) is 6.69. The van der Waals surface area contributed by atoms with E-state index in [-0.39, 0.29) is 18.3 Å². The Bertz CT molecular complexity index is 1180. The van der Waals surface area contributed by atoms with Crippen LogP contribution in [0.1, 0.15) is 47.4 Å². The number of aliphatic imine (C=N–C) groups is 1. The third-order valence-corrected chi connectivity index (χ3v) is 7.79. The summed E-state index contributed by atoms with van der Waals surface area (Å²) >= 11 is 3.19. The lowest BCUT2D eigenvalue weighted by Gasteiger charge is -2.37. The maximum atomic E-state index is 13.0. The van der Waals surface area contributed by atoms with Crippen molar-refractivity contribution in [1.29, 1.82) is 0 Å². The number of carbonyl (C=O) groups excluding carboxylic acids is 2. The standard InChI is InChI=1S/C26H29N3O3S2/c1-5-21-23(25(31)32-4)24(20-9-8-16(2)13-17(20)3)29-18(15-34-26(29)28-21)14-22(30)27-11-10-19-7-6-12-33-19/h6-9,12-13,15,24H,5,10-11,14H2,1-4H3,(H,27,30)/t24-/m0/s1. The topological polar surface area (TPSA) is 71.0 Å². The normalized spacial score (nSPS) is 17.3. The zero-order valence-corrected chi connectivity index (χ0v) is 21.5. The number of carbonyl (C=O) groups is 2. The molecule has 178 valence electrons. The summed E-state index contributed by atoms with van der Waals surface area (Å²) in [7, 11) is 1.40. The van der Waals surface area contributed by atoms with Gasteiger partial charge in [0.2, 0.25) is 5.91 Å². The number of amides is 1. The molecule has 34 heavy (non-hydrogen) atoms. The summed E-state index contributed by atoms with van der Waals surface area (Å²) in [5.74, 6) is -0.435. The Morgan fingerprint density at radius 1 is 1.24 bits per heavy atom. The molecule has 0 radical (unpaired) electrons. The Balaban J connectivity index is 1.62. The molecule has 2 aromatic rings. The molecule has 1 aromatic heterocycles. The maximum absolute atomic E-state index is 13.0. The van der Waals surface area contributed by atoms with Crippen molar-refractivity contribution >= 4 is 40.1 Å². The van der Waals surface area contributed by atoms with E-state index in [1.807, 2.05) is 28.7 Å². The molecule has 6 nitrogen and oxygen atoms in total. The van der Waals surface area contributed by atoms with Crippen LogP contribution in [0.3, 0.4) is 0 Å². The van der Waals surface area contributed by atoms with Crippen molar-refractivity contribution in [2.45, 2.75) is 46.1 Å². The van der Waals surface area contributed by atoms with Gasteiger partial charge in [0.1, 0.15) is 0 Å². The van der Waals surface area contributed by atoms with E-state index in [9.17, 15) is 9.59 Å². The molecule has 8 heteroatoms. The Hall–Kier alpha value is -2.84. The predicted octanol–water partition coefficient (Wildman–Crippen LogP) is 5.25. The first-order valence-electron chi connectivity index (χ1n) is 11.3. The molecule has 0 bridgehead atoms. The molecule has 0 unspecified atom stereocenters. The lowest BCUT2D eigenvalue weighted by molar-refractivity contribution is -0.136. The van der Waals surface area contributed by atoms with Crippen LogP contribution in [0.25, 0.3) is 0 Å². The highest BCUT2D eigenvalue weighted by atomic mass is 32.2. The van der Waals surface area contributed by atoms with Crippen LogP contribution in [0, 0.1) is 13.8 Å². The molecule has 4 rings (SSSR count). The number of hydrogen-bond acceptors (Lipinski definition) is 7.